The fourth-order valence-electron chi connectivity index (χ4n) is 0.303. The Kier molecular flexibility index (Phi) is 6.28. The van der Waals surface area contributed by atoms with Crippen LogP contribution in [0.1, 0.15) is 26.7 Å². The molecule has 0 aliphatic carbocycles. The average Bonchev–Trinajstić information content (AvgIpc) is 2.07. The van der Waals surface area contributed by atoms with Crippen molar-refractivity contribution in [3.8, 4) is 0 Å². The van der Waals surface area contributed by atoms with E-state index in [0.29, 0.717) is 0 Å². The third-order valence-electron chi connectivity index (χ3n) is 1.09. The molecule has 3 heteroatoms. The van der Waals surface area contributed by atoms with Crippen molar-refractivity contribution in [2.24, 2.45) is 0 Å². The second-order valence-corrected chi connectivity index (χ2v) is 2.10. The van der Waals surface area contributed by atoms with E-state index in [-0.39, 0.29) is 5.56 Å². The molecule has 0 radical (unpaired) electrons. The first-order valence-electron chi connectivity index (χ1n) is 3.80. The largest absolute Gasteiger partial charge is 0.313 e. The van der Waals surface area contributed by atoms with Crippen LogP contribution < -0.4 is 5.56 Å². The van der Waals surface area contributed by atoms with Crippen molar-refractivity contribution in [2.45, 2.75) is 26.7 Å². The summed E-state index contributed by atoms with van der Waals surface area (Å²) in [6.07, 6.45) is 5.43. The Labute approximate surface area is 66.5 Å². The molecule has 0 unspecified atom stereocenters. The normalized spacial score (nSPS) is 8.18. The Morgan fingerprint density at radius 3 is 2.27 bits per heavy atom. The van der Waals surface area contributed by atoms with Crippen LogP contribution in [0.2, 0.25) is 0 Å². The van der Waals surface area contributed by atoms with Crippen molar-refractivity contribution in [2.75, 3.05) is 0 Å². The molecule has 0 aromatic carbocycles. The number of unbranched alkanes of at least 4 members (excludes halogenated alkanes) is 1. The highest BCUT2D eigenvalue weighted by atomic mass is 16.1. The molecule has 0 aliphatic rings. The number of aromatic amines is 1. The van der Waals surface area contributed by atoms with Crippen molar-refractivity contribution >= 4 is 0 Å². The molecule has 0 amide bonds. The molecule has 1 aromatic heterocycles. The van der Waals surface area contributed by atoms with E-state index in [1.807, 2.05) is 0 Å². The molecule has 0 spiro atoms. The molecule has 1 aromatic rings. The van der Waals surface area contributed by atoms with Gasteiger partial charge in [-0.3, -0.25) is 4.79 Å². The molecule has 1 N–H and O–H groups in total. The summed E-state index contributed by atoms with van der Waals surface area (Å²) in [4.78, 5) is 16.1. The van der Waals surface area contributed by atoms with Crippen LogP contribution in [0.3, 0.4) is 0 Å². The number of rotatable bonds is 1. The summed E-state index contributed by atoms with van der Waals surface area (Å²) in [5, 5.41) is 0. The van der Waals surface area contributed by atoms with E-state index in [0.717, 1.165) is 0 Å². The first-order chi connectivity index (χ1) is 5.31. The molecule has 1 rings (SSSR count). The van der Waals surface area contributed by atoms with Crippen molar-refractivity contribution in [3.05, 3.63) is 28.9 Å². The Bertz CT molecular complexity index is 200. The van der Waals surface area contributed by atoms with Gasteiger partial charge in [-0.05, 0) is 0 Å². The lowest BCUT2D eigenvalue weighted by atomic mass is 10.4. The lowest BCUT2D eigenvalue weighted by Crippen LogP contribution is -2.00. The smallest absolute Gasteiger partial charge is 0.250 e. The lowest BCUT2D eigenvalue weighted by Gasteiger charge is -1.73. The van der Waals surface area contributed by atoms with Crippen LogP contribution in [0.15, 0.2) is 23.4 Å². The highest BCUT2D eigenvalue weighted by molar-refractivity contribution is 4.76. The Hall–Kier alpha value is -1.12. The first kappa shape index (κ1) is 9.88. The van der Waals surface area contributed by atoms with E-state index in [1.165, 1.54) is 31.4 Å². The first-order valence-corrected chi connectivity index (χ1v) is 3.80. The minimum atomic E-state index is -0.116. The molecule has 0 fully saturated rings. The van der Waals surface area contributed by atoms with Gasteiger partial charge in [0.2, 0.25) is 0 Å². The second kappa shape index (κ2) is 6.99. The summed E-state index contributed by atoms with van der Waals surface area (Å²) in [7, 11) is 0. The molecule has 0 saturated heterocycles. The quantitative estimate of drug-likeness (QED) is 0.667. The zero-order valence-electron chi connectivity index (χ0n) is 7.00. The molecule has 0 atom stereocenters. The summed E-state index contributed by atoms with van der Waals surface area (Å²) in [6.45, 7) is 4.36. The zero-order valence-corrected chi connectivity index (χ0v) is 7.00. The van der Waals surface area contributed by atoms with Gasteiger partial charge in [0.05, 0.1) is 6.33 Å². The van der Waals surface area contributed by atoms with E-state index in [1.54, 1.807) is 0 Å². The van der Waals surface area contributed by atoms with Gasteiger partial charge in [0.1, 0.15) is 0 Å². The predicted molar refractivity (Wildman–Crippen MR) is 45.4 cm³/mol. The van der Waals surface area contributed by atoms with E-state index < -0.39 is 0 Å². The molecule has 0 bridgehead atoms. The van der Waals surface area contributed by atoms with E-state index in [4.69, 9.17) is 0 Å². The summed E-state index contributed by atoms with van der Waals surface area (Å²) in [5.74, 6) is 0. The van der Waals surface area contributed by atoms with Gasteiger partial charge in [0, 0.05) is 12.3 Å². The number of nitrogens with zero attached hydrogens (tertiary/aromatic N) is 1. The molecular weight excluding hydrogens is 140 g/mol. The van der Waals surface area contributed by atoms with Crippen LogP contribution in [-0.4, -0.2) is 9.97 Å². The van der Waals surface area contributed by atoms with Crippen molar-refractivity contribution in [1.82, 2.24) is 9.97 Å². The topological polar surface area (TPSA) is 45.8 Å². The molecule has 3 nitrogen and oxygen atoms in total. The number of aromatic nitrogens is 2. The van der Waals surface area contributed by atoms with Gasteiger partial charge in [-0.2, -0.15) is 0 Å². The number of H-pyrrole nitrogens is 1. The van der Waals surface area contributed by atoms with Gasteiger partial charge in [-0.25, -0.2) is 4.98 Å². The number of nitrogens with one attached hydrogen (secondary N) is 1. The molecular formula is C8H14N2O. The molecule has 11 heavy (non-hydrogen) atoms. The van der Waals surface area contributed by atoms with Gasteiger partial charge in [-0.1, -0.05) is 26.7 Å². The van der Waals surface area contributed by atoms with E-state index >= 15 is 0 Å². The van der Waals surface area contributed by atoms with Gasteiger partial charge < -0.3 is 4.98 Å². The van der Waals surface area contributed by atoms with Crippen LogP contribution >= 0.6 is 0 Å². The van der Waals surface area contributed by atoms with Gasteiger partial charge in [0.15, 0.2) is 0 Å². The second-order valence-electron chi connectivity index (χ2n) is 2.10. The van der Waals surface area contributed by atoms with Crippen molar-refractivity contribution < 1.29 is 0 Å². The highest BCUT2D eigenvalue weighted by Gasteiger charge is 1.70. The Balaban J connectivity index is 0.000000218. The Morgan fingerprint density at radius 1 is 1.45 bits per heavy atom. The van der Waals surface area contributed by atoms with E-state index in [2.05, 4.69) is 23.8 Å². The minimum absolute atomic E-state index is 0.116. The van der Waals surface area contributed by atoms with Gasteiger partial charge in [0.25, 0.3) is 5.56 Å². The highest BCUT2D eigenvalue weighted by Crippen LogP contribution is 1.76. The van der Waals surface area contributed by atoms with Crippen LogP contribution in [0.25, 0.3) is 0 Å². The van der Waals surface area contributed by atoms with Crippen LogP contribution in [0, 0.1) is 0 Å². The van der Waals surface area contributed by atoms with E-state index in [9.17, 15) is 4.79 Å². The molecule has 0 aliphatic heterocycles. The third-order valence-corrected chi connectivity index (χ3v) is 1.09. The standard InChI is InChI=1S/C4H4N2O.C4H10/c7-4-1-2-5-3-6-4;1-3-4-2/h1-3H,(H,5,6,7);3-4H2,1-2H3. The SMILES string of the molecule is CCCC.O=c1ccnc[nH]1. The number of hydrogen-bond donors (Lipinski definition) is 1. The summed E-state index contributed by atoms with van der Waals surface area (Å²) in [5.41, 5.74) is -0.116. The fourth-order valence-corrected chi connectivity index (χ4v) is 0.303. The molecule has 62 valence electrons. The fraction of sp³-hybridized carbons (Fsp3) is 0.500. The van der Waals surface area contributed by atoms with Crippen molar-refractivity contribution in [3.63, 3.8) is 0 Å². The maximum atomic E-state index is 10.2. The van der Waals surface area contributed by atoms with Gasteiger partial charge in [-0.15, -0.1) is 0 Å². The zero-order chi connectivity index (χ0) is 8.53. The molecule has 0 saturated carbocycles. The maximum Gasteiger partial charge on any atom is 0.250 e. The van der Waals surface area contributed by atoms with Crippen molar-refractivity contribution in [1.29, 1.82) is 0 Å². The summed E-state index contributed by atoms with van der Waals surface area (Å²) >= 11 is 0. The number of hydrogen-bond acceptors (Lipinski definition) is 2. The lowest BCUT2D eigenvalue weighted by molar-refractivity contribution is 0.886. The average molecular weight is 154 g/mol. The minimum Gasteiger partial charge on any atom is -0.313 e. The monoisotopic (exact) mass is 154 g/mol. The van der Waals surface area contributed by atoms with Crippen LogP contribution in [0.5, 0.6) is 0 Å². The maximum absolute atomic E-state index is 10.2. The van der Waals surface area contributed by atoms with Crippen LogP contribution in [0.4, 0.5) is 0 Å². The third kappa shape index (κ3) is 6.77. The summed E-state index contributed by atoms with van der Waals surface area (Å²) in [6, 6.07) is 1.36. The van der Waals surface area contributed by atoms with Crippen LogP contribution in [-0.2, 0) is 0 Å². The van der Waals surface area contributed by atoms with Gasteiger partial charge >= 0.3 is 0 Å². The Morgan fingerprint density at radius 2 is 2.09 bits per heavy atom. The predicted octanol–water partition coefficient (Wildman–Crippen LogP) is 1.58. The summed E-state index contributed by atoms with van der Waals surface area (Å²) < 4.78 is 0. The molecule has 1 heterocycles.